The van der Waals surface area contributed by atoms with Crippen molar-refractivity contribution in [2.45, 2.75) is 112 Å². The molecule has 0 aromatic carbocycles. The second-order valence-electron chi connectivity index (χ2n) is 11.4. The first kappa shape index (κ1) is 20.8. The summed E-state index contributed by atoms with van der Waals surface area (Å²) in [6, 6.07) is 0. The Bertz CT molecular complexity index is 465. The van der Waals surface area contributed by atoms with E-state index in [1.54, 1.807) is 38.5 Å². The predicted molar refractivity (Wildman–Crippen MR) is 127 cm³/mol. The second-order valence-corrected chi connectivity index (χ2v) is 13.8. The topological polar surface area (TPSA) is 0 Å². The van der Waals surface area contributed by atoms with Crippen molar-refractivity contribution in [3.8, 4) is 0 Å². The normalized spacial score (nSPS) is 52.5. The van der Waals surface area contributed by atoms with E-state index < -0.39 is 0 Å². The summed E-state index contributed by atoms with van der Waals surface area (Å²) in [5.41, 5.74) is 0. The zero-order valence-electron chi connectivity index (χ0n) is 17.8. The molecule has 5 saturated carbocycles. The molecule has 8 atom stereocenters. The van der Waals surface area contributed by atoms with Gasteiger partial charge in [0.15, 0.2) is 0 Å². The van der Waals surface area contributed by atoms with Crippen LogP contribution in [0.25, 0.3) is 0 Å². The molecule has 5 rings (SSSR count). The van der Waals surface area contributed by atoms with Crippen molar-refractivity contribution >= 4 is 31.9 Å². The number of rotatable bonds is 2. The summed E-state index contributed by atoms with van der Waals surface area (Å²) in [5, 5.41) is 0. The molecule has 0 aromatic heterocycles. The lowest BCUT2D eigenvalue weighted by Crippen LogP contribution is -2.43. The highest BCUT2D eigenvalue weighted by Crippen LogP contribution is 2.55. The molecule has 0 N–H and O–H groups in total. The van der Waals surface area contributed by atoms with Crippen LogP contribution in [-0.2, 0) is 0 Å². The fourth-order valence-electron chi connectivity index (χ4n) is 9.07. The van der Waals surface area contributed by atoms with Gasteiger partial charge in [-0.25, -0.2) is 0 Å². The van der Waals surface area contributed by atoms with Gasteiger partial charge in [-0.3, -0.25) is 0 Å². The zero-order valence-corrected chi connectivity index (χ0v) is 21.0. The summed E-state index contributed by atoms with van der Waals surface area (Å²) in [6.07, 6.45) is 24.5. The van der Waals surface area contributed by atoms with Gasteiger partial charge in [0.05, 0.1) is 0 Å². The van der Waals surface area contributed by atoms with Crippen LogP contribution in [0.2, 0.25) is 0 Å². The molecule has 0 bridgehead atoms. The molecular weight excluding hydrogens is 472 g/mol. The summed E-state index contributed by atoms with van der Waals surface area (Å²) in [4.78, 5) is 1.68. The van der Waals surface area contributed by atoms with Crippen molar-refractivity contribution in [1.29, 1.82) is 0 Å². The maximum atomic E-state index is 4.08. The number of hydrogen-bond acceptors (Lipinski definition) is 0. The van der Waals surface area contributed by atoms with Crippen LogP contribution in [0.3, 0.4) is 0 Å². The van der Waals surface area contributed by atoms with Gasteiger partial charge >= 0.3 is 0 Å². The Labute approximate surface area is 191 Å². The number of halogens is 2. The monoisotopic (exact) mass is 512 g/mol. The van der Waals surface area contributed by atoms with Crippen molar-refractivity contribution in [2.75, 3.05) is 0 Å². The molecule has 2 heteroatoms. The fraction of sp³-hybridized carbons (Fsp3) is 1.00. The Morgan fingerprint density at radius 2 is 0.679 bits per heavy atom. The Morgan fingerprint density at radius 3 is 1.07 bits per heavy atom. The van der Waals surface area contributed by atoms with E-state index in [1.807, 2.05) is 0 Å². The first-order chi connectivity index (χ1) is 13.7. The van der Waals surface area contributed by atoms with Gasteiger partial charge in [0, 0.05) is 9.65 Å². The van der Waals surface area contributed by atoms with Crippen molar-refractivity contribution in [3.05, 3.63) is 0 Å². The Kier molecular flexibility index (Phi) is 6.86. The van der Waals surface area contributed by atoms with Crippen LogP contribution in [-0.4, -0.2) is 9.65 Å². The summed E-state index contributed by atoms with van der Waals surface area (Å²) in [5.74, 6) is 8.50. The van der Waals surface area contributed by atoms with E-state index >= 15 is 0 Å². The molecule has 0 radical (unpaired) electrons. The van der Waals surface area contributed by atoms with Gasteiger partial charge in [-0.05, 0) is 124 Å². The average molecular weight is 514 g/mol. The molecule has 5 aliphatic carbocycles. The highest BCUT2D eigenvalue weighted by molar-refractivity contribution is 9.09. The third kappa shape index (κ3) is 4.05. The van der Waals surface area contributed by atoms with E-state index in [0.717, 1.165) is 57.0 Å². The van der Waals surface area contributed by atoms with E-state index in [0.29, 0.717) is 0 Å². The van der Waals surface area contributed by atoms with E-state index in [9.17, 15) is 0 Å². The average Bonchev–Trinajstić information content (AvgIpc) is 2.75. The van der Waals surface area contributed by atoms with Gasteiger partial charge in [-0.2, -0.15) is 0 Å². The molecule has 0 aliphatic heterocycles. The van der Waals surface area contributed by atoms with Crippen LogP contribution in [0, 0.1) is 47.3 Å². The minimum Gasteiger partial charge on any atom is -0.0888 e. The number of fused-ring (bicyclic) bond motifs is 2. The van der Waals surface area contributed by atoms with E-state index in [1.165, 1.54) is 64.2 Å². The molecule has 0 nitrogen and oxygen atoms in total. The van der Waals surface area contributed by atoms with Crippen molar-refractivity contribution in [3.63, 3.8) is 0 Å². The van der Waals surface area contributed by atoms with Gasteiger partial charge in [0.1, 0.15) is 0 Å². The number of hydrogen-bond donors (Lipinski definition) is 0. The van der Waals surface area contributed by atoms with Gasteiger partial charge in [0.25, 0.3) is 0 Å². The van der Waals surface area contributed by atoms with Crippen LogP contribution in [0.15, 0.2) is 0 Å². The molecule has 28 heavy (non-hydrogen) atoms. The molecule has 0 amide bonds. The molecule has 5 fully saturated rings. The molecule has 0 saturated heterocycles. The van der Waals surface area contributed by atoms with Gasteiger partial charge in [-0.1, -0.05) is 57.5 Å². The van der Waals surface area contributed by atoms with Crippen LogP contribution < -0.4 is 0 Å². The van der Waals surface area contributed by atoms with Gasteiger partial charge in [-0.15, -0.1) is 0 Å². The van der Waals surface area contributed by atoms with Crippen molar-refractivity contribution in [2.24, 2.45) is 47.3 Å². The quantitative estimate of drug-likeness (QED) is 0.323. The van der Waals surface area contributed by atoms with Crippen molar-refractivity contribution < 1.29 is 0 Å². The fourth-order valence-corrected chi connectivity index (χ4v) is 10.9. The Balaban J connectivity index is 1.20. The Morgan fingerprint density at radius 1 is 0.321 bits per heavy atom. The summed E-state index contributed by atoms with van der Waals surface area (Å²) < 4.78 is 0. The minimum absolute atomic E-state index is 0.841. The minimum atomic E-state index is 0.841. The molecule has 5 aliphatic rings. The summed E-state index contributed by atoms with van der Waals surface area (Å²) >= 11 is 8.15. The second kappa shape index (κ2) is 9.22. The highest BCUT2D eigenvalue weighted by Gasteiger charge is 2.46. The van der Waals surface area contributed by atoms with E-state index in [4.69, 9.17) is 0 Å². The first-order valence-corrected chi connectivity index (χ1v) is 14.8. The zero-order chi connectivity index (χ0) is 19.1. The van der Waals surface area contributed by atoms with Crippen LogP contribution >= 0.6 is 31.9 Å². The van der Waals surface area contributed by atoms with Crippen LogP contribution in [0.5, 0.6) is 0 Å². The third-order valence-corrected chi connectivity index (χ3v) is 12.6. The maximum absolute atomic E-state index is 4.08. The molecule has 160 valence electrons. The maximum Gasteiger partial charge on any atom is 0.0176 e. The van der Waals surface area contributed by atoms with Gasteiger partial charge in [0.2, 0.25) is 0 Å². The molecular formula is C26H42Br2. The van der Waals surface area contributed by atoms with Crippen LogP contribution in [0.4, 0.5) is 0 Å². The molecule has 0 heterocycles. The van der Waals surface area contributed by atoms with Crippen LogP contribution in [0.1, 0.15) is 103 Å². The highest BCUT2D eigenvalue weighted by atomic mass is 79.9. The smallest absolute Gasteiger partial charge is 0.0176 e. The van der Waals surface area contributed by atoms with E-state index in [2.05, 4.69) is 31.9 Å². The lowest BCUT2D eigenvalue weighted by molar-refractivity contribution is 0.0166. The molecule has 0 spiro atoms. The SMILES string of the molecule is BrC1CCC(C2CCC(C3CCC(Br)C4CCCCC43)CC2)C2CCCCC12. The lowest BCUT2D eigenvalue weighted by Gasteiger charge is -2.51. The number of alkyl halides is 2. The van der Waals surface area contributed by atoms with Crippen molar-refractivity contribution in [1.82, 2.24) is 0 Å². The standard InChI is InChI=1S/C26H42Br2/c27-25-15-13-19(21-5-1-3-7-23(21)25)17-9-11-18(12-10-17)20-14-16-26(28)24-8-4-2-6-22(20)24/h17-26H,1-16H2. The summed E-state index contributed by atoms with van der Waals surface area (Å²) in [7, 11) is 0. The first-order valence-electron chi connectivity index (χ1n) is 13.0. The van der Waals surface area contributed by atoms with E-state index in [-0.39, 0.29) is 0 Å². The molecule has 8 unspecified atom stereocenters. The molecule has 0 aromatic rings. The Hall–Kier alpha value is 0.960. The largest absolute Gasteiger partial charge is 0.0888 e. The predicted octanol–water partition coefficient (Wildman–Crippen LogP) is 8.75. The summed E-state index contributed by atoms with van der Waals surface area (Å²) in [6.45, 7) is 0. The van der Waals surface area contributed by atoms with Gasteiger partial charge < -0.3 is 0 Å². The third-order valence-electron chi connectivity index (χ3n) is 10.4. The lowest BCUT2D eigenvalue weighted by atomic mass is 9.56.